The third-order valence-electron chi connectivity index (χ3n) is 3.15. The highest BCUT2D eigenvalue weighted by molar-refractivity contribution is 5.85. The molecular formula is C14H17NO2. The SMILES string of the molecule is CCc1ccc2c(c1)c(CCC(=O)O)cn2C. The smallest absolute Gasteiger partial charge is 0.303 e. The van der Waals surface area contributed by atoms with Crippen LogP contribution in [0.5, 0.6) is 0 Å². The van der Waals surface area contributed by atoms with E-state index in [0.717, 1.165) is 12.0 Å². The van der Waals surface area contributed by atoms with Crippen LogP contribution in [-0.2, 0) is 24.7 Å². The van der Waals surface area contributed by atoms with Gasteiger partial charge in [-0.25, -0.2) is 0 Å². The zero-order valence-corrected chi connectivity index (χ0v) is 10.2. The second-order valence-electron chi connectivity index (χ2n) is 4.36. The van der Waals surface area contributed by atoms with Gasteiger partial charge in [-0.05, 0) is 36.1 Å². The largest absolute Gasteiger partial charge is 0.481 e. The summed E-state index contributed by atoms with van der Waals surface area (Å²) in [5.41, 5.74) is 3.59. The van der Waals surface area contributed by atoms with Gasteiger partial charge < -0.3 is 9.67 Å². The van der Waals surface area contributed by atoms with Gasteiger partial charge in [0.1, 0.15) is 0 Å². The Hall–Kier alpha value is -1.77. The number of aryl methyl sites for hydroxylation is 3. The third-order valence-corrected chi connectivity index (χ3v) is 3.15. The molecule has 3 heteroatoms. The van der Waals surface area contributed by atoms with Crippen LogP contribution < -0.4 is 0 Å². The molecule has 2 aromatic rings. The van der Waals surface area contributed by atoms with E-state index in [1.165, 1.54) is 16.5 Å². The number of nitrogens with zero attached hydrogens (tertiary/aromatic N) is 1. The van der Waals surface area contributed by atoms with E-state index in [2.05, 4.69) is 29.7 Å². The molecule has 90 valence electrons. The molecule has 0 radical (unpaired) electrons. The fraction of sp³-hybridized carbons (Fsp3) is 0.357. The number of hydrogen-bond donors (Lipinski definition) is 1. The molecule has 1 aromatic heterocycles. The molecule has 2 rings (SSSR count). The molecule has 1 N–H and O–H groups in total. The van der Waals surface area contributed by atoms with E-state index in [4.69, 9.17) is 5.11 Å². The molecule has 17 heavy (non-hydrogen) atoms. The average Bonchev–Trinajstić information content (AvgIpc) is 2.63. The molecular weight excluding hydrogens is 214 g/mol. The van der Waals surface area contributed by atoms with Crippen molar-refractivity contribution < 1.29 is 9.90 Å². The van der Waals surface area contributed by atoms with Gasteiger partial charge in [0.05, 0.1) is 0 Å². The minimum Gasteiger partial charge on any atom is -0.481 e. The van der Waals surface area contributed by atoms with Crippen molar-refractivity contribution in [3.8, 4) is 0 Å². The molecule has 0 amide bonds. The summed E-state index contributed by atoms with van der Waals surface area (Å²) in [6, 6.07) is 6.41. The molecule has 1 heterocycles. The minimum atomic E-state index is -0.742. The Morgan fingerprint density at radius 2 is 2.18 bits per heavy atom. The van der Waals surface area contributed by atoms with E-state index in [1.54, 1.807) is 0 Å². The fourth-order valence-corrected chi connectivity index (χ4v) is 2.18. The van der Waals surface area contributed by atoms with E-state index >= 15 is 0 Å². The van der Waals surface area contributed by atoms with Crippen molar-refractivity contribution in [2.24, 2.45) is 7.05 Å². The van der Waals surface area contributed by atoms with Crippen LogP contribution in [0.15, 0.2) is 24.4 Å². The molecule has 0 bridgehead atoms. The maximum atomic E-state index is 10.6. The summed E-state index contributed by atoms with van der Waals surface area (Å²) in [4.78, 5) is 10.6. The van der Waals surface area contributed by atoms with Crippen molar-refractivity contribution in [2.45, 2.75) is 26.2 Å². The second kappa shape index (κ2) is 4.62. The highest BCUT2D eigenvalue weighted by atomic mass is 16.4. The van der Waals surface area contributed by atoms with Crippen LogP contribution in [-0.4, -0.2) is 15.6 Å². The van der Waals surface area contributed by atoms with Gasteiger partial charge in [0.15, 0.2) is 0 Å². The number of hydrogen-bond acceptors (Lipinski definition) is 1. The van der Waals surface area contributed by atoms with E-state index in [9.17, 15) is 4.79 Å². The van der Waals surface area contributed by atoms with Crippen molar-refractivity contribution in [2.75, 3.05) is 0 Å². The quantitative estimate of drug-likeness (QED) is 0.879. The van der Waals surface area contributed by atoms with Gasteiger partial charge in [0.2, 0.25) is 0 Å². The Kier molecular flexibility index (Phi) is 3.18. The van der Waals surface area contributed by atoms with Gasteiger partial charge in [-0.15, -0.1) is 0 Å². The predicted molar refractivity (Wildman–Crippen MR) is 68.3 cm³/mol. The molecule has 1 aromatic carbocycles. The molecule has 3 nitrogen and oxygen atoms in total. The molecule has 0 saturated carbocycles. The van der Waals surface area contributed by atoms with Crippen LogP contribution in [0.1, 0.15) is 24.5 Å². The Bertz CT molecular complexity index is 555. The second-order valence-corrected chi connectivity index (χ2v) is 4.36. The highest BCUT2D eigenvalue weighted by Crippen LogP contribution is 2.23. The van der Waals surface area contributed by atoms with Crippen LogP contribution in [0.3, 0.4) is 0 Å². The first kappa shape index (κ1) is 11.7. The van der Waals surface area contributed by atoms with Crippen LogP contribution >= 0.6 is 0 Å². The first-order chi connectivity index (χ1) is 8.11. The van der Waals surface area contributed by atoms with Crippen LogP contribution in [0.2, 0.25) is 0 Å². The Morgan fingerprint density at radius 3 is 2.82 bits per heavy atom. The molecule has 0 aliphatic rings. The Balaban J connectivity index is 2.43. The predicted octanol–water partition coefficient (Wildman–Crippen LogP) is 2.76. The van der Waals surface area contributed by atoms with Gasteiger partial charge in [0.25, 0.3) is 0 Å². The number of carboxylic acids is 1. The summed E-state index contributed by atoms with van der Waals surface area (Å²) in [6.45, 7) is 2.13. The number of benzene rings is 1. The first-order valence-electron chi connectivity index (χ1n) is 5.90. The lowest BCUT2D eigenvalue weighted by molar-refractivity contribution is -0.136. The number of carboxylic acid groups (broad SMARTS) is 1. The summed E-state index contributed by atoms with van der Waals surface area (Å²) >= 11 is 0. The topological polar surface area (TPSA) is 42.2 Å². The minimum absolute atomic E-state index is 0.190. The Morgan fingerprint density at radius 1 is 1.41 bits per heavy atom. The lowest BCUT2D eigenvalue weighted by Gasteiger charge is -2.00. The van der Waals surface area contributed by atoms with Crippen LogP contribution in [0, 0.1) is 0 Å². The first-order valence-corrected chi connectivity index (χ1v) is 5.90. The normalized spacial score (nSPS) is 10.9. The van der Waals surface area contributed by atoms with Crippen LogP contribution in [0.4, 0.5) is 0 Å². The lowest BCUT2D eigenvalue weighted by Crippen LogP contribution is -1.96. The number of aliphatic carboxylic acids is 1. The zero-order valence-electron chi connectivity index (χ0n) is 10.2. The standard InChI is InChI=1S/C14H17NO2/c1-3-10-4-6-13-12(8-10)11(9-15(13)2)5-7-14(16)17/h4,6,8-9H,3,5,7H2,1-2H3,(H,16,17). The molecule has 0 aliphatic carbocycles. The van der Waals surface area contributed by atoms with E-state index in [1.807, 2.05) is 13.2 Å². The van der Waals surface area contributed by atoms with Gasteiger partial charge in [-0.1, -0.05) is 13.0 Å². The van der Waals surface area contributed by atoms with E-state index in [-0.39, 0.29) is 6.42 Å². The van der Waals surface area contributed by atoms with Gasteiger partial charge in [-0.3, -0.25) is 4.79 Å². The molecule has 0 aliphatic heterocycles. The summed E-state index contributed by atoms with van der Waals surface area (Å²) in [5.74, 6) is -0.742. The van der Waals surface area contributed by atoms with E-state index in [0.29, 0.717) is 6.42 Å². The van der Waals surface area contributed by atoms with Gasteiger partial charge >= 0.3 is 5.97 Å². The number of fused-ring (bicyclic) bond motifs is 1. The zero-order chi connectivity index (χ0) is 12.4. The molecule has 0 spiro atoms. The molecule has 0 saturated heterocycles. The fourth-order valence-electron chi connectivity index (χ4n) is 2.18. The molecule has 0 fully saturated rings. The van der Waals surface area contributed by atoms with Crippen molar-refractivity contribution >= 4 is 16.9 Å². The monoisotopic (exact) mass is 231 g/mol. The number of carbonyl (C=O) groups is 1. The van der Waals surface area contributed by atoms with E-state index < -0.39 is 5.97 Å². The highest BCUT2D eigenvalue weighted by Gasteiger charge is 2.08. The maximum absolute atomic E-state index is 10.6. The number of aromatic nitrogens is 1. The van der Waals surface area contributed by atoms with Crippen molar-refractivity contribution in [3.63, 3.8) is 0 Å². The van der Waals surface area contributed by atoms with Crippen molar-refractivity contribution in [1.29, 1.82) is 0 Å². The van der Waals surface area contributed by atoms with Crippen LogP contribution in [0.25, 0.3) is 10.9 Å². The van der Waals surface area contributed by atoms with Crippen molar-refractivity contribution in [1.82, 2.24) is 4.57 Å². The summed E-state index contributed by atoms with van der Waals surface area (Å²) < 4.78 is 2.06. The molecule has 0 unspecified atom stereocenters. The summed E-state index contributed by atoms with van der Waals surface area (Å²) in [6.07, 6.45) is 3.82. The van der Waals surface area contributed by atoms with Gasteiger partial charge in [0, 0.05) is 30.6 Å². The average molecular weight is 231 g/mol. The maximum Gasteiger partial charge on any atom is 0.303 e. The molecule has 0 atom stereocenters. The summed E-state index contributed by atoms with van der Waals surface area (Å²) in [7, 11) is 2.00. The number of rotatable bonds is 4. The lowest BCUT2D eigenvalue weighted by atomic mass is 10.0. The third kappa shape index (κ3) is 2.33. The van der Waals surface area contributed by atoms with Gasteiger partial charge in [-0.2, -0.15) is 0 Å². The Labute approximate surface area is 101 Å². The summed E-state index contributed by atoms with van der Waals surface area (Å²) in [5, 5.41) is 9.94. The van der Waals surface area contributed by atoms with Crippen molar-refractivity contribution in [3.05, 3.63) is 35.5 Å².